The van der Waals surface area contributed by atoms with Gasteiger partial charge in [-0.05, 0) is 25.0 Å². The van der Waals surface area contributed by atoms with E-state index in [2.05, 4.69) is 10.3 Å². The van der Waals surface area contributed by atoms with E-state index in [1.165, 1.54) is 6.20 Å². The molecule has 0 aliphatic carbocycles. The van der Waals surface area contributed by atoms with Gasteiger partial charge in [0, 0.05) is 32.4 Å². The van der Waals surface area contributed by atoms with Gasteiger partial charge >= 0.3 is 6.18 Å². The Kier molecular flexibility index (Phi) is 6.95. The Labute approximate surface area is 145 Å². The molecule has 0 aromatic carbocycles. The van der Waals surface area contributed by atoms with E-state index in [1.54, 1.807) is 0 Å². The number of halogens is 5. The Balaban J connectivity index is 0.00000132. The number of rotatable bonds is 1. The van der Waals surface area contributed by atoms with Crippen molar-refractivity contribution in [1.29, 1.82) is 0 Å². The number of alkyl halides is 3. The van der Waals surface area contributed by atoms with Crippen LogP contribution in [0.5, 0.6) is 0 Å². The van der Waals surface area contributed by atoms with Gasteiger partial charge in [-0.25, -0.2) is 4.98 Å². The highest BCUT2D eigenvalue weighted by atomic mass is 35.5. The van der Waals surface area contributed by atoms with Crippen molar-refractivity contribution in [1.82, 2.24) is 10.3 Å². The van der Waals surface area contributed by atoms with Crippen LogP contribution in [-0.4, -0.2) is 43.4 Å². The molecule has 132 valence electrons. The third kappa shape index (κ3) is 4.62. The Morgan fingerprint density at radius 3 is 2.48 bits per heavy atom. The lowest BCUT2D eigenvalue weighted by Gasteiger charge is -2.44. The highest BCUT2D eigenvalue weighted by molar-refractivity contribution is 5.85. The molecule has 0 saturated carbocycles. The van der Waals surface area contributed by atoms with Gasteiger partial charge in [0.05, 0.1) is 17.8 Å². The molecule has 2 aliphatic rings. The standard InChI is InChI=1S/C14H18F3N3O.2ClH/c15-14(16,17)11-1-4-19-12(9-11)20-6-2-13(3-7-20)10-18-5-8-21-13;;/h1,4,9,18H,2-3,5-8,10H2;2*1H. The molecule has 2 aliphatic heterocycles. The zero-order valence-corrected chi connectivity index (χ0v) is 14.1. The van der Waals surface area contributed by atoms with Gasteiger partial charge in [-0.15, -0.1) is 24.8 Å². The minimum absolute atomic E-state index is 0. The molecule has 1 N–H and O–H groups in total. The summed E-state index contributed by atoms with van der Waals surface area (Å²) in [5.74, 6) is 0.392. The summed E-state index contributed by atoms with van der Waals surface area (Å²) < 4.78 is 44.1. The van der Waals surface area contributed by atoms with E-state index in [-0.39, 0.29) is 30.4 Å². The summed E-state index contributed by atoms with van der Waals surface area (Å²) in [5, 5.41) is 3.32. The van der Waals surface area contributed by atoms with Gasteiger partial charge in [0.2, 0.25) is 0 Å². The van der Waals surface area contributed by atoms with E-state index in [9.17, 15) is 13.2 Å². The SMILES string of the molecule is Cl.Cl.FC(F)(F)c1ccnc(N2CCC3(CC2)CNCCO3)c1. The number of nitrogens with one attached hydrogen (secondary N) is 1. The van der Waals surface area contributed by atoms with Crippen LogP contribution in [0.2, 0.25) is 0 Å². The van der Waals surface area contributed by atoms with Crippen molar-refractivity contribution in [2.24, 2.45) is 0 Å². The Morgan fingerprint density at radius 1 is 1.22 bits per heavy atom. The number of piperidine rings is 1. The van der Waals surface area contributed by atoms with Gasteiger partial charge in [0.15, 0.2) is 0 Å². The zero-order chi connectivity index (χ0) is 14.9. The Hall–Kier alpha value is -0.760. The maximum atomic E-state index is 12.7. The predicted octanol–water partition coefficient (Wildman–Crippen LogP) is 2.90. The average Bonchev–Trinajstić information content (AvgIpc) is 2.48. The summed E-state index contributed by atoms with van der Waals surface area (Å²) in [5.41, 5.74) is -0.806. The first kappa shape index (κ1) is 20.3. The third-order valence-electron chi connectivity index (χ3n) is 4.21. The van der Waals surface area contributed by atoms with E-state index < -0.39 is 11.7 Å². The van der Waals surface area contributed by atoms with E-state index in [0.717, 1.165) is 38.1 Å². The summed E-state index contributed by atoms with van der Waals surface area (Å²) in [4.78, 5) is 5.98. The monoisotopic (exact) mass is 373 g/mol. The number of morpholine rings is 1. The predicted molar refractivity (Wildman–Crippen MR) is 86.7 cm³/mol. The van der Waals surface area contributed by atoms with Crippen molar-refractivity contribution >= 4 is 30.6 Å². The molecule has 23 heavy (non-hydrogen) atoms. The normalized spacial score (nSPS) is 20.6. The van der Waals surface area contributed by atoms with Crippen LogP contribution in [0.25, 0.3) is 0 Å². The first-order chi connectivity index (χ1) is 9.99. The molecule has 9 heteroatoms. The molecular weight excluding hydrogens is 354 g/mol. The fraction of sp³-hybridized carbons (Fsp3) is 0.643. The molecule has 2 fully saturated rings. The molecule has 4 nitrogen and oxygen atoms in total. The van der Waals surface area contributed by atoms with Crippen LogP contribution in [0.1, 0.15) is 18.4 Å². The van der Waals surface area contributed by atoms with Crippen molar-refractivity contribution in [2.75, 3.05) is 37.7 Å². The third-order valence-corrected chi connectivity index (χ3v) is 4.21. The molecule has 0 bridgehead atoms. The first-order valence-corrected chi connectivity index (χ1v) is 7.11. The lowest BCUT2D eigenvalue weighted by molar-refractivity contribution is -0.137. The van der Waals surface area contributed by atoms with Crippen LogP contribution < -0.4 is 10.2 Å². The van der Waals surface area contributed by atoms with E-state index in [4.69, 9.17) is 4.74 Å². The van der Waals surface area contributed by atoms with Gasteiger partial charge in [-0.1, -0.05) is 0 Å². The van der Waals surface area contributed by atoms with Crippen molar-refractivity contribution < 1.29 is 17.9 Å². The fourth-order valence-electron chi connectivity index (χ4n) is 2.94. The number of aromatic nitrogens is 1. The molecule has 1 aromatic heterocycles. The lowest BCUT2D eigenvalue weighted by Crippen LogP contribution is -2.55. The summed E-state index contributed by atoms with van der Waals surface area (Å²) in [6.45, 7) is 3.70. The molecular formula is C14H20Cl2F3N3O. The number of anilines is 1. The molecule has 0 amide bonds. The molecule has 0 unspecified atom stereocenters. The van der Waals surface area contributed by atoms with Gasteiger partial charge in [-0.2, -0.15) is 13.2 Å². The minimum atomic E-state index is -4.33. The van der Waals surface area contributed by atoms with E-state index >= 15 is 0 Å². The van der Waals surface area contributed by atoms with E-state index in [1.807, 2.05) is 4.90 Å². The van der Waals surface area contributed by atoms with Crippen LogP contribution in [0.3, 0.4) is 0 Å². The molecule has 3 heterocycles. The minimum Gasteiger partial charge on any atom is -0.372 e. The van der Waals surface area contributed by atoms with Gasteiger partial charge in [0.25, 0.3) is 0 Å². The second-order valence-corrected chi connectivity index (χ2v) is 5.60. The smallest absolute Gasteiger partial charge is 0.372 e. The molecule has 1 spiro atoms. The molecule has 0 radical (unpaired) electrons. The molecule has 0 atom stereocenters. The lowest BCUT2D eigenvalue weighted by atomic mass is 9.90. The summed E-state index contributed by atoms with van der Waals surface area (Å²) in [6, 6.07) is 2.13. The van der Waals surface area contributed by atoms with Crippen LogP contribution in [0.15, 0.2) is 18.3 Å². The van der Waals surface area contributed by atoms with Crippen LogP contribution in [0, 0.1) is 0 Å². The number of hydrogen-bond acceptors (Lipinski definition) is 4. The van der Waals surface area contributed by atoms with Crippen molar-refractivity contribution in [3.05, 3.63) is 23.9 Å². The average molecular weight is 374 g/mol. The topological polar surface area (TPSA) is 37.4 Å². The number of ether oxygens (including phenoxy) is 1. The van der Waals surface area contributed by atoms with Gasteiger partial charge in [0.1, 0.15) is 5.82 Å². The summed E-state index contributed by atoms with van der Waals surface area (Å²) in [6.07, 6.45) is -1.50. The first-order valence-electron chi connectivity index (χ1n) is 7.11. The fourth-order valence-corrected chi connectivity index (χ4v) is 2.94. The van der Waals surface area contributed by atoms with Crippen molar-refractivity contribution in [3.8, 4) is 0 Å². The number of pyridine rings is 1. The summed E-state index contributed by atoms with van der Waals surface area (Å²) in [7, 11) is 0. The Morgan fingerprint density at radius 2 is 1.91 bits per heavy atom. The van der Waals surface area contributed by atoms with E-state index in [0.29, 0.717) is 25.5 Å². The molecule has 3 rings (SSSR count). The number of hydrogen-bond donors (Lipinski definition) is 1. The number of nitrogens with zero attached hydrogens (tertiary/aromatic N) is 2. The van der Waals surface area contributed by atoms with Gasteiger partial charge < -0.3 is 15.0 Å². The maximum Gasteiger partial charge on any atom is 0.416 e. The quantitative estimate of drug-likeness (QED) is 0.821. The van der Waals surface area contributed by atoms with Gasteiger partial charge in [-0.3, -0.25) is 0 Å². The molecule has 1 aromatic rings. The highest BCUT2D eigenvalue weighted by Gasteiger charge is 2.38. The Bertz CT molecular complexity index is 500. The second kappa shape index (κ2) is 7.88. The van der Waals surface area contributed by atoms with Crippen LogP contribution in [0.4, 0.5) is 19.0 Å². The van der Waals surface area contributed by atoms with Crippen LogP contribution in [-0.2, 0) is 10.9 Å². The van der Waals surface area contributed by atoms with Crippen molar-refractivity contribution in [3.63, 3.8) is 0 Å². The largest absolute Gasteiger partial charge is 0.416 e. The second-order valence-electron chi connectivity index (χ2n) is 5.60. The van der Waals surface area contributed by atoms with Crippen LogP contribution >= 0.6 is 24.8 Å². The highest BCUT2D eigenvalue weighted by Crippen LogP contribution is 2.33. The maximum absolute atomic E-state index is 12.7. The summed E-state index contributed by atoms with van der Waals surface area (Å²) >= 11 is 0. The molecule has 2 saturated heterocycles. The zero-order valence-electron chi connectivity index (χ0n) is 12.4. The van der Waals surface area contributed by atoms with Crippen molar-refractivity contribution in [2.45, 2.75) is 24.6 Å².